The molecule has 0 atom stereocenters. The molecule has 0 saturated carbocycles. The van der Waals surface area contributed by atoms with Gasteiger partial charge in [0.15, 0.2) is 0 Å². The summed E-state index contributed by atoms with van der Waals surface area (Å²) in [6.07, 6.45) is 3.38. The van der Waals surface area contributed by atoms with Crippen LogP contribution in [-0.4, -0.2) is 27.8 Å². The average molecular weight is 212 g/mol. The summed E-state index contributed by atoms with van der Waals surface area (Å²) in [5.41, 5.74) is 0. The van der Waals surface area contributed by atoms with Gasteiger partial charge >= 0.3 is 57.4 Å². The van der Waals surface area contributed by atoms with Crippen LogP contribution in [0, 0.1) is 10.1 Å². The molecule has 1 aliphatic heterocycles. The van der Waals surface area contributed by atoms with Crippen molar-refractivity contribution in [3.05, 3.63) is 29.6 Å². The fourth-order valence-corrected chi connectivity index (χ4v) is 2.66. The third kappa shape index (κ3) is 1.12. The minimum atomic E-state index is -1.01. The van der Waals surface area contributed by atoms with Crippen LogP contribution in [0.2, 0.25) is 0 Å². The number of nitro groups is 1. The molecule has 1 radical (unpaired) electrons. The molecule has 39 valence electrons. The van der Waals surface area contributed by atoms with E-state index in [4.69, 9.17) is 0 Å². The quantitative estimate of drug-likeness (QED) is 0.464. The maximum atomic E-state index is 9.95. The van der Waals surface area contributed by atoms with Crippen LogP contribution >= 0.6 is 0 Å². The van der Waals surface area contributed by atoms with Crippen molar-refractivity contribution in [3.8, 4) is 0 Å². The molecule has 1 rings (SSSR count). The van der Waals surface area contributed by atoms with Gasteiger partial charge in [-0.1, -0.05) is 0 Å². The van der Waals surface area contributed by atoms with Crippen molar-refractivity contribution in [2.75, 3.05) is 0 Å². The second kappa shape index (κ2) is 2.35. The van der Waals surface area contributed by atoms with E-state index in [-0.39, 0.29) is 4.92 Å². The van der Waals surface area contributed by atoms with Crippen LogP contribution in [0.5, 0.6) is 0 Å². The van der Waals surface area contributed by atoms with E-state index in [1.807, 2.05) is 3.83 Å². The van der Waals surface area contributed by atoms with Crippen LogP contribution in [0.1, 0.15) is 0 Å². The molecule has 0 aromatic rings. The molecule has 0 N–H and O–H groups in total. The van der Waals surface area contributed by atoms with Gasteiger partial charge in [-0.25, -0.2) is 0 Å². The molecule has 4 heteroatoms. The number of nitrogens with zero attached hydrogens (tertiary/aromatic N) is 1. The van der Waals surface area contributed by atoms with Crippen molar-refractivity contribution >= 4 is 22.9 Å². The molecule has 0 saturated heterocycles. The SMILES string of the molecule is O=[N+]([O-])[C]1=CC=[CH][In]1. The summed E-state index contributed by atoms with van der Waals surface area (Å²) in [5, 5.41) is 9.95. The van der Waals surface area contributed by atoms with Crippen LogP contribution in [-0.2, 0) is 0 Å². The van der Waals surface area contributed by atoms with Crippen molar-refractivity contribution in [3.63, 3.8) is 0 Å². The summed E-state index contributed by atoms with van der Waals surface area (Å²) in [5.74, 6) is 0. The number of rotatable bonds is 1. The molecule has 0 amide bonds. The first-order valence-electron chi connectivity index (χ1n) is 2.17. The first-order valence-corrected chi connectivity index (χ1v) is 5.72. The Bertz CT molecular complexity index is 173. The minimum absolute atomic E-state index is 0.277. The van der Waals surface area contributed by atoms with Gasteiger partial charge in [-0.2, -0.15) is 0 Å². The van der Waals surface area contributed by atoms with Gasteiger partial charge in [0.1, 0.15) is 0 Å². The van der Waals surface area contributed by atoms with Gasteiger partial charge in [0.2, 0.25) is 0 Å². The predicted molar refractivity (Wildman–Crippen MR) is 30.0 cm³/mol. The molecule has 0 unspecified atom stereocenters. The van der Waals surface area contributed by atoms with Crippen LogP contribution in [0.25, 0.3) is 0 Å². The van der Waals surface area contributed by atoms with Crippen molar-refractivity contribution in [2.24, 2.45) is 0 Å². The van der Waals surface area contributed by atoms with E-state index in [2.05, 4.69) is 0 Å². The predicted octanol–water partition coefficient (Wildman–Crippen LogP) is 0.336. The Morgan fingerprint density at radius 3 is 2.75 bits per heavy atom. The van der Waals surface area contributed by atoms with Crippen LogP contribution in [0.4, 0.5) is 0 Å². The van der Waals surface area contributed by atoms with E-state index in [1.54, 1.807) is 12.2 Å². The van der Waals surface area contributed by atoms with Gasteiger partial charge in [0.05, 0.1) is 0 Å². The zero-order chi connectivity index (χ0) is 5.98. The molecule has 0 bridgehead atoms. The second-order valence-electron chi connectivity index (χ2n) is 1.40. The molecule has 3 nitrogen and oxygen atoms in total. The molecule has 0 fully saturated rings. The summed E-state index contributed by atoms with van der Waals surface area (Å²) in [7, 11) is 0. The molecule has 0 spiro atoms. The fourth-order valence-electron chi connectivity index (χ4n) is 0.486. The zero-order valence-corrected chi connectivity index (χ0v) is 7.37. The summed E-state index contributed by atoms with van der Waals surface area (Å²) >= 11 is -1.01. The number of hydrogen-bond acceptors (Lipinski definition) is 2. The normalized spacial score (nSPS) is 15.2. The topological polar surface area (TPSA) is 43.1 Å². The molecular weight excluding hydrogens is 209 g/mol. The average Bonchev–Trinajstić information content (AvgIpc) is 2.12. The number of hydrogen-bond donors (Lipinski definition) is 0. The Hall–Kier alpha value is -0.250. The van der Waals surface area contributed by atoms with Crippen LogP contribution in [0.3, 0.4) is 0 Å². The second-order valence-corrected chi connectivity index (χ2v) is 5.14. The molecular formula is C4H3InNO2. The Labute approximate surface area is 57.6 Å². The Kier molecular flexibility index (Phi) is 1.73. The molecule has 1 heterocycles. The van der Waals surface area contributed by atoms with Gasteiger partial charge < -0.3 is 0 Å². The van der Waals surface area contributed by atoms with E-state index in [1.165, 1.54) is 0 Å². The molecule has 0 aromatic carbocycles. The third-order valence-electron chi connectivity index (χ3n) is 0.856. The van der Waals surface area contributed by atoms with Crippen molar-refractivity contribution in [1.29, 1.82) is 0 Å². The summed E-state index contributed by atoms with van der Waals surface area (Å²) in [6, 6.07) is 0. The standard InChI is InChI=1S/C4H3NO2.In/c1-2-3-4-5(6)7;/h1-3H;. The van der Waals surface area contributed by atoms with Crippen molar-refractivity contribution in [2.45, 2.75) is 0 Å². The monoisotopic (exact) mass is 212 g/mol. The Balaban J connectivity index is 2.64. The van der Waals surface area contributed by atoms with E-state index in [9.17, 15) is 10.1 Å². The molecule has 0 aromatic heterocycles. The number of allylic oxidation sites excluding steroid dienone is 2. The maximum absolute atomic E-state index is 9.95. The van der Waals surface area contributed by atoms with Gasteiger partial charge in [-0.05, 0) is 0 Å². The van der Waals surface area contributed by atoms with Crippen LogP contribution < -0.4 is 0 Å². The zero-order valence-electron chi connectivity index (χ0n) is 4.07. The van der Waals surface area contributed by atoms with Gasteiger partial charge in [-0.15, -0.1) is 0 Å². The van der Waals surface area contributed by atoms with E-state index >= 15 is 0 Å². The summed E-state index contributed by atoms with van der Waals surface area (Å²) in [4.78, 5) is 9.67. The van der Waals surface area contributed by atoms with E-state index in [0.717, 1.165) is 0 Å². The first-order chi connectivity index (χ1) is 3.80. The van der Waals surface area contributed by atoms with Gasteiger partial charge in [0.25, 0.3) is 0 Å². The van der Waals surface area contributed by atoms with Crippen molar-refractivity contribution in [1.82, 2.24) is 0 Å². The van der Waals surface area contributed by atoms with Crippen LogP contribution in [0.15, 0.2) is 19.4 Å². The van der Waals surface area contributed by atoms with E-state index < -0.39 is 22.9 Å². The summed E-state index contributed by atoms with van der Waals surface area (Å²) < 4.78 is 2.42. The molecule has 0 aliphatic carbocycles. The fraction of sp³-hybridized carbons (Fsp3) is 0. The Morgan fingerprint density at radius 2 is 2.50 bits per heavy atom. The molecule has 8 heavy (non-hydrogen) atoms. The summed E-state index contributed by atoms with van der Waals surface area (Å²) in [6.45, 7) is 0. The Morgan fingerprint density at radius 1 is 1.75 bits per heavy atom. The van der Waals surface area contributed by atoms with E-state index in [0.29, 0.717) is 3.45 Å². The first kappa shape index (κ1) is 5.88. The molecule has 1 aliphatic rings. The van der Waals surface area contributed by atoms with Gasteiger partial charge in [-0.3, -0.25) is 0 Å². The third-order valence-corrected chi connectivity index (χ3v) is 4.17. The van der Waals surface area contributed by atoms with Gasteiger partial charge in [0, 0.05) is 0 Å². The van der Waals surface area contributed by atoms with Crippen molar-refractivity contribution < 1.29 is 4.92 Å².